The average Bonchev–Trinajstić information content (AvgIpc) is 3.02. The Morgan fingerprint density at radius 3 is 2.74 bits per heavy atom. The van der Waals surface area contributed by atoms with E-state index in [1.807, 2.05) is 18.5 Å². The number of hydrogen-bond donors (Lipinski definition) is 1. The summed E-state index contributed by atoms with van der Waals surface area (Å²) in [6.07, 6.45) is 6.23. The van der Waals surface area contributed by atoms with E-state index in [1.165, 1.54) is 18.4 Å². The predicted molar refractivity (Wildman–Crippen MR) is 79.7 cm³/mol. The molecule has 3 rings (SSSR count). The van der Waals surface area contributed by atoms with Crippen LogP contribution >= 0.6 is 0 Å². The molecule has 1 fully saturated rings. The molecule has 1 aliphatic heterocycles. The molecule has 96 valence electrons. The third-order valence-electron chi connectivity index (χ3n) is 3.70. The molecular formula is C17H18N2. The number of nitrogens with zero attached hydrogens (tertiary/aromatic N) is 1. The Kier molecular flexibility index (Phi) is 3.43. The van der Waals surface area contributed by atoms with Gasteiger partial charge in [0.25, 0.3) is 0 Å². The number of hydrogen-bond acceptors (Lipinski definition) is 2. The van der Waals surface area contributed by atoms with Gasteiger partial charge >= 0.3 is 0 Å². The fourth-order valence-corrected chi connectivity index (χ4v) is 2.59. The molecular weight excluding hydrogens is 232 g/mol. The van der Waals surface area contributed by atoms with Gasteiger partial charge in [-0.05, 0) is 42.2 Å². The van der Waals surface area contributed by atoms with E-state index in [2.05, 4.69) is 47.2 Å². The maximum Gasteiger partial charge on any atom is 0.0346 e. The van der Waals surface area contributed by atoms with Gasteiger partial charge in [-0.15, -0.1) is 0 Å². The summed E-state index contributed by atoms with van der Waals surface area (Å²) in [6.45, 7) is 5.33. The molecule has 0 bridgehead atoms. The van der Waals surface area contributed by atoms with Crippen LogP contribution in [0.5, 0.6) is 0 Å². The summed E-state index contributed by atoms with van der Waals surface area (Å²) >= 11 is 0. The lowest BCUT2D eigenvalue weighted by molar-refractivity contribution is 0.744. The Labute approximate surface area is 114 Å². The highest BCUT2D eigenvalue weighted by atomic mass is 14.9. The Morgan fingerprint density at radius 1 is 1.16 bits per heavy atom. The molecule has 19 heavy (non-hydrogen) atoms. The zero-order valence-electron chi connectivity index (χ0n) is 11.0. The fraction of sp³-hybridized carbons (Fsp3) is 0.235. The van der Waals surface area contributed by atoms with E-state index in [0.717, 1.165) is 23.2 Å². The first-order valence-corrected chi connectivity index (χ1v) is 6.77. The van der Waals surface area contributed by atoms with E-state index in [4.69, 9.17) is 0 Å². The van der Waals surface area contributed by atoms with Gasteiger partial charge in [0.1, 0.15) is 0 Å². The molecule has 0 unspecified atom stereocenters. The van der Waals surface area contributed by atoms with Gasteiger partial charge in [0.2, 0.25) is 0 Å². The smallest absolute Gasteiger partial charge is 0.0346 e. The van der Waals surface area contributed by atoms with Gasteiger partial charge in [0.15, 0.2) is 0 Å². The second kappa shape index (κ2) is 5.37. The van der Waals surface area contributed by atoms with Crippen LogP contribution < -0.4 is 5.32 Å². The van der Waals surface area contributed by atoms with Gasteiger partial charge in [-0.3, -0.25) is 4.98 Å². The van der Waals surface area contributed by atoms with Crippen molar-refractivity contribution in [2.45, 2.75) is 18.9 Å². The Hall–Kier alpha value is -1.93. The molecule has 2 heterocycles. The monoisotopic (exact) mass is 250 g/mol. The Morgan fingerprint density at radius 2 is 2.00 bits per heavy atom. The van der Waals surface area contributed by atoms with Crippen LogP contribution in [-0.2, 0) is 0 Å². The molecule has 1 aromatic carbocycles. The van der Waals surface area contributed by atoms with Crippen LogP contribution in [-0.4, -0.2) is 17.6 Å². The summed E-state index contributed by atoms with van der Waals surface area (Å²) in [6, 6.07) is 12.9. The van der Waals surface area contributed by atoms with Crippen molar-refractivity contribution in [2.24, 2.45) is 0 Å². The summed E-state index contributed by atoms with van der Waals surface area (Å²) in [5.74, 6) is 0. The number of benzene rings is 1. The van der Waals surface area contributed by atoms with Crippen LogP contribution in [0.15, 0.2) is 55.4 Å². The quantitative estimate of drug-likeness (QED) is 0.901. The normalized spacial score (nSPS) is 18.4. The second-order valence-electron chi connectivity index (χ2n) is 5.00. The molecule has 1 N–H and O–H groups in total. The van der Waals surface area contributed by atoms with E-state index in [0.29, 0.717) is 6.04 Å². The maximum absolute atomic E-state index is 4.36. The first-order valence-electron chi connectivity index (χ1n) is 6.77. The highest BCUT2D eigenvalue weighted by molar-refractivity contribution is 5.72. The lowest BCUT2D eigenvalue weighted by Gasteiger charge is -2.14. The van der Waals surface area contributed by atoms with Crippen molar-refractivity contribution in [3.8, 4) is 11.1 Å². The summed E-state index contributed by atoms with van der Waals surface area (Å²) in [5, 5.41) is 3.49. The minimum Gasteiger partial charge on any atom is -0.310 e. The molecule has 1 aliphatic rings. The number of rotatable bonds is 3. The van der Waals surface area contributed by atoms with Crippen LogP contribution in [0.4, 0.5) is 0 Å². The van der Waals surface area contributed by atoms with Crippen LogP contribution in [0.2, 0.25) is 0 Å². The predicted octanol–water partition coefficient (Wildman–Crippen LogP) is 3.51. The lowest BCUT2D eigenvalue weighted by atomic mass is 9.98. The zero-order chi connectivity index (χ0) is 13.1. The second-order valence-corrected chi connectivity index (χ2v) is 5.00. The zero-order valence-corrected chi connectivity index (χ0v) is 11.0. The summed E-state index contributed by atoms with van der Waals surface area (Å²) in [4.78, 5) is 4.36. The standard InChI is InChI=1S/C17H18N2/c1-13(17-8-5-9-19-17)15-10-16(12-18-11-15)14-6-3-2-4-7-14/h2-4,6-7,10-12,17,19H,1,5,8-9H2/t17-/m0/s1. The van der Waals surface area contributed by atoms with E-state index in [9.17, 15) is 0 Å². The summed E-state index contributed by atoms with van der Waals surface area (Å²) < 4.78 is 0. The Balaban J connectivity index is 1.89. The number of nitrogens with one attached hydrogen (secondary N) is 1. The van der Waals surface area contributed by atoms with E-state index in [-0.39, 0.29) is 0 Å². The summed E-state index contributed by atoms with van der Waals surface area (Å²) in [5.41, 5.74) is 4.64. The van der Waals surface area contributed by atoms with Crippen molar-refractivity contribution in [1.29, 1.82) is 0 Å². The highest BCUT2D eigenvalue weighted by Gasteiger charge is 2.18. The molecule has 0 radical (unpaired) electrons. The van der Waals surface area contributed by atoms with Gasteiger partial charge in [0.05, 0.1) is 0 Å². The molecule has 2 heteroatoms. The van der Waals surface area contributed by atoms with Crippen LogP contribution in [0.25, 0.3) is 16.7 Å². The topological polar surface area (TPSA) is 24.9 Å². The van der Waals surface area contributed by atoms with Crippen molar-refractivity contribution < 1.29 is 0 Å². The van der Waals surface area contributed by atoms with Crippen molar-refractivity contribution in [2.75, 3.05) is 6.54 Å². The van der Waals surface area contributed by atoms with Gasteiger partial charge in [-0.2, -0.15) is 0 Å². The highest BCUT2D eigenvalue weighted by Crippen LogP contribution is 2.26. The van der Waals surface area contributed by atoms with Gasteiger partial charge in [-0.25, -0.2) is 0 Å². The fourth-order valence-electron chi connectivity index (χ4n) is 2.59. The molecule has 0 spiro atoms. The van der Waals surface area contributed by atoms with E-state index in [1.54, 1.807) is 0 Å². The van der Waals surface area contributed by atoms with Gasteiger partial charge in [-0.1, -0.05) is 36.9 Å². The largest absolute Gasteiger partial charge is 0.310 e. The summed E-state index contributed by atoms with van der Waals surface area (Å²) in [7, 11) is 0. The minimum atomic E-state index is 0.410. The number of pyridine rings is 1. The maximum atomic E-state index is 4.36. The molecule has 2 aromatic rings. The molecule has 0 aliphatic carbocycles. The van der Waals surface area contributed by atoms with Gasteiger partial charge < -0.3 is 5.32 Å². The van der Waals surface area contributed by atoms with Crippen molar-refractivity contribution in [1.82, 2.24) is 10.3 Å². The van der Waals surface area contributed by atoms with Crippen molar-refractivity contribution in [3.63, 3.8) is 0 Å². The van der Waals surface area contributed by atoms with Crippen molar-refractivity contribution >= 4 is 5.57 Å². The first-order chi connectivity index (χ1) is 9.34. The van der Waals surface area contributed by atoms with Crippen LogP contribution in [0.1, 0.15) is 18.4 Å². The van der Waals surface area contributed by atoms with Gasteiger partial charge in [0, 0.05) is 24.0 Å². The van der Waals surface area contributed by atoms with Crippen LogP contribution in [0.3, 0.4) is 0 Å². The third-order valence-corrected chi connectivity index (χ3v) is 3.70. The van der Waals surface area contributed by atoms with Crippen molar-refractivity contribution in [3.05, 3.63) is 60.9 Å². The van der Waals surface area contributed by atoms with E-state index < -0.39 is 0 Å². The number of aromatic nitrogens is 1. The molecule has 2 nitrogen and oxygen atoms in total. The third kappa shape index (κ3) is 2.59. The Bertz CT molecular complexity index is 569. The molecule has 0 saturated carbocycles. The molecule has 1 aromatic heterocycles. The van der Waals surface area contributed by atoms with E-state index >= 15 is 0 Å². The average molecular weight is 250 g/mol. The van der Waals surface area contributed by atoms with Crippen LogP contribution in [0, 0.1) is 0 Å². The lowest BCUT2D eigenvalue weighted by Crippen LogP contribution is -2.22. The molecule has 1 atom stereocenters. The molecule has 0 amide bonds. The molecule has 1 saturated heterocycles. The minimum absolute atomic E-state index is 0.410. The first kappa shape index (κ1) is 12.1. The SMILES string of the molecule is C=C(c1cncc(-c2ccccc2)c1)[C@@H]1CCCN1.